The van der Waals surface area contributed by atoms with E-state index in [9.17, 15) is 0 Å². The Morgan fingerprint density at radius 1 is 1.10 bits per heavy atom. The van der Waals surface area contributed by atoms with Gasteiger partial charge in [-0.3, -0.25) is 5.10 Å². The first-order valence-electron chi connectivity index (χ1n) is 9.92. The zero-order valence-corrected chi connectivity index (χ0v) is 16.1. The van der Waals surface area contributed by atoms with Crippen molar-refractivity contribution in [3.63, 3.8) is 0 Å². The molecule has 29 heavy (non-hydrogen) atoms. The molecule has 1 aromatic carbocycles. The molecular weight excluding hydrogens is 366 g/mol. The summed E-state index contributed by atoms with van der Waals surface area (Å²) in [5.41, 5.74) is 3.97. The number of rotatable bonds is 6. The van der Waals surface area contributed by atoms with Crippen LogP contribution in [0.15, 0.2) is 59.5 Å². The number of hydrogen-bond acceptors (Lipinski definition) is 6. The van der Waals surface area contributed by atoms with Crippen LogP contribution in [0.25, 0.3) is 22.2 Å². The highest BCUT2D eigenvalue weighted by Gasteiger charge is 2.12. The number of nitrogens with zero attached hydrogens (tertiary/aromatic N) is 3. The van der Waals surface area contributed by atoms with Crippen LogP contribution < -0.4 is 10.1 Å². The second kappa shape index (κ2) is 8.06. The molecule has 7 nitrogen and oxygen atoms in total. The molecule has 0 aliphatic carbocycles. The van der Waals surface area contributed by atoms with Crippen molar-refractivity contribution in [1.82, 2.24) is 25.4 Å². The molecule has 3 aromatic heterocycles. The minimum atomic E-state index is 0.540. The van der Waals surface area contributed by atoms with E-state index in [2.05, 4.69) is 31.5 Å². The van der Waals surface area contributed by atoms with Crippen LogP contribution >= 0.6 is 0 Å². The Balaban J connectivity index is 1.26. The van der Waals surface area contributed by atoms with Gasteiger partial charge in [-0.25, -0.2) is 4.98 Å². The fourth-order valence-electron chi connectivity index (χ4n) is 3.67. The fourth-order valence-corrected chi connectivity index (χ4v) is 3.67. The van der Waals surface area contributed by atoms with Crippen molar-refractivity contribution in [2.45, 2.75) is 6.42 Å². The van der Waals surface area contributed by atoms with E-state index >= 15 is 0 Å². The number of pyridine rings is 1. The maximum atomic E-state index is 5.91. The van der Waals surface area contributed by atoms with Crippen LogP contribution in [0.4, 0.5) is 0 Å². The standard InChI is InChI=1S/C22H23N5O2/c1-4-22(24-14-16(1)20-5-7-25-26-20)29-18-2-3-19-17(15-28-21(19)13-18)6-10-27-11-8-23-9-12-27/h1-5,7,13-15,23H,6,8-12H2,(H,25,26). The summed E-state index contributed by atoms with van der Waals surface area (Å²) in [4.78, 5) is 6.88. The minimum absolute atomic E-state index is 0.540. The van der Waals surface area contributed by atoms with E-state index in [0.717, 1.165) is 61.4 Å². The van der Waals surface area contributed by atoms with Crippen LogP contribution in [0.3, 0.4) is 0 Å². The number of H-pyrrole nitrogens is 1. The van der Waals surface area contributed by atoms with Gasteiger partial charge in [-0.1, -0.05) is 0 Å². The first-order chi connectivity index (χ1) is 14.3. The highest BCUT2D eigenvalue weighted by Crippen LogP contribution is 2.29. The molecule has 0 saturated carbocycles. The van der Waals surface area contributed by atoms with E-state index in [4.69, 9.17) is 9.15 Å². The number of ether oxygens (including phenoxy) is 1. The first-order valence-corrected chi connectivity index (χ1v) is 9.92. The van der Waals surface area contributed by atoms with Gasteiger partial charge in [0.05, 0.1) is 12.0 Å². The summed E-state index contributed by atoms with van der Waals surface area (Å²) in [5.74, 6) is 1.25. The highest BCUT2D eigenvalue weighted by molar-refractivity contribution is 5.82. The van der Waals surface area contributed by atoms with Crippen LogP contribution in [-0.2, 0) is 6.42 Å². The molecule has 4 aromatic rings. The number of aromatic amines is 1. The number of hydrogen-bond donors (Lipinski definition) is 2. The van der Waals surface area contributed by atoms with Crippen LogP contribution in [0.5, 0.6) is 11.6 Å². The zero-order chi connectivity index (χ0) is 19.5. The molecule has 2 N–H and O–H groups in total. The summed E-state index contributed by atoms with van der Waals surface area (Å²) in [6.45, 7) is 5.43. The van der Waals surface area contributed by atoms with Crippen LogP contribution in [0.1, 0.15) is 5.56 Å². The quantitative estimate of drug-likeness (QED) is 0.526. The zero-order valence-electron chi connectivity index (χ0n) is 16.1. The summed E-state index contributed by atoms with van der Waals surface area (Å²) in [7, 11) is 0. The maximum Gasteiger partial charge on any atom is 0.219 e. The Morgan fingerprint density at radius 2 is 2.03 bits per heavy atom. The van der Waals surface area contributed by atoms with Gasteiger partial charge in [-0.05, 0) is 36.2 Å². The molecule has 4 heterocycles. The highest BCUT2D eigenvalue weighted by atomic mass is 16.5. The van der Waals surface area contributed by atoms with Crippen molar-refractivity contribution < 1.29 is 9.15 Å². The van der Waals surface area contributed by atoms with E-state index < -0.39 is 0 Å². The molecule has 0 bridgehead atoms. The van der Waals surface area contributed by atoms with Crippen LogP contribution in [-0.4, -0.2) is 52.8 Å². The van der Waals surface area contributed by atoms with E-state index in [1.807, 2.05) is 36.6 Å². The lowest BCUT2D eigenvalue weighted by molar-refractivity contribution is 0.244. The molecule has 148 valence electrons. The summed E-state index contributed by atoms with van der Waals surface area (Å²) >= 11 is 0. The molecule has 0 amide bonds. The predicted molar refractivity (Wildman–Crippen MR) is 111 cm³/mol. The first kappa shape index (κ1) is 17.9. The van der Waals surface area contributed by atoms with E-state index in [0.29, 0.717) is 11.6 Å². The molecule has 0 unspecified atom stereocenters. The molecule has 7 heteroatoms. The van der Waals surface area contributed by atoms with Gasteiger partial charge in [0.2, 0.25) is 5.88 Å². The molecule has 0 atom stereocenters. The van der Waals surface area contributed by atoms with Gasteiger partial charge < -0.3 is 19.4 Å². The lowest BCUT2D eigenvalue weighted by atomic mass is 10.1. The van der Waals surface area contributed by atoms with Crippen molar-refractivity contribution in [3.05, 3.63) is 60.6 Å². The van der Waals surface area contributed by atoms with Crippen molar-refractivity contribution in [2.75, 3.05) is 32.7 Å². The van der Waals surface area contributed by atoms with Crippen LogP contribution in [0.2, 0.25) is 0 Å². The maximum absolute atomic E-state index is 5.91. The predicted octanol–water partition coefficient (Wildman–Crippen LogP) is 3.46. The number of fused-ring (bicyclic) bond motifs is 1. The lowest BCUT2D eigenvalue weighted by Crippen LogP contribution is -2.44. The number of furan rings is 1. The molecule has 1 aliphatic rings. The van der Waals surface area contributed by atoms with E-state index in [1.54, 1.807) is 12.4 Å². The topological polar surface area (TPSA) is 79.2 Å². The van der Waals surface area contributed by atoms with Crippen molar-refractivity contribution >= 4 is 11.0 Å². The van der Waals surface area contributed by atoms with Crippen molar-refractivity contribution in [1.29, 1.82) is 0 Å². The molecular formula is C22H23N5O2. The minimum Gasteiger partial charge on any atom is -0.464 e. The second-order valence-electron chi connectivity index (χ2n) is 7.22. The fraction of sp³-hybridized carbons (Fsp3) is 0.273. The Kier molecular flexibility index (Phi) is 4.98. The Hall–Kier alpha value is -3.16. The molecule has 1 fully saturated rings. The lowest BCUT2D eigenvalue weighted by Gasteiger charge is -2.26. The third-order valence-electron chi connectivity index (χ3n) is 5.30. The summed E-state index contributed by atoms with van der Waals surface area (Å²) < 4.78 is 11.7. The third-order valence-corrected chi connectivity index (χ3v) is 5.30. The van der Waals surface area contributed by atoms with Gasteiger partial charge in [-0.15, -0.1) is 0 Å². The molecule has 5 rings (SSSR count). The average Bonchev–Trinajstić information content (AvgIpc) is 3.44. The third kappa shape index (κ3) is 4.01. The van der Waals surface area contributed by atoms with Crippen LogP contribution in [0, 0.1) is 0 Å². The number of aromatic nitrogens is 3. The Labute approximate surface area is 168 Å². The van der Waals surface area contributed by atoms with Gasteiger partial charge in [0, 0.05) is 68.2 Å². The molecule has 0 radical (unpaired) electrons. The van der Waals surface area contributed by atoms with Gasteiger partial charge in [0.15, 0.2) is 0 Å². The van der Waals surface area contributed by atoms with E-state index in [1.165, 1.54) is 5.56 Å². The number of nitrogens with one attached hydrogen (secondary N) is 2. The summed E-state index contributed by atoms with van der Waals surface area (Å²) in [6.07, 6.45) is 6.34. The number of piperazine rings is 1. The molecule has 1 aliphatic heterocycles. The monoisotopic (exact) mass is 389 g/mol. The molecule has 0 spiro atoms. The van der Waals surface area contributed by atoms with Crippen molar-refractivity contribution in [2.24, 2.45) is 0 Å². The van der Waals surface area contributed by atoms with Gasteiger partial charge in [0.1, 0.15) is 11.3 Å². The van der Waals surface area contributed by atoms with E-state index in [-0.39, 0.29) is 0 Å². The largest absolute Gasteiger partial charge is 0.464 e. The normalized spacial score (nSPS) is 15.0. The SMILES string of the molecule is c1cc(-c2ccc(Oc3ccc4c(CCN5CCNCC5)coc4c3)nc2)[nH]n1. The van der Waals surface area contributed by atoms with Crippen molar-refractivity contribution in [3.8, 4) is 22.9 Å². The smallest absolute Gasteiger partial charge is 0.219 e. The van der Waals surface area contributed by atoms with Gasteiger partial charge in [-0.2, -0.15) is 5.10 Å². The number of benzene rings is 1. The Morgan fingerprint density at radius 3 is 2.83 bits per heavy atom. The van der Waals surface area contributed by atoms with Gasteiger partial charge in [0.25, 0.3) is 0 Å². The van der Waals surface area contributed by atoms with Gasteiger partial charge >= 0.3 is 0 Å². The second-order valence-corrected chi connectivity index (χ2v) is 7.22. The average molecular weight is 389 g/mol. The molecule has 1 saturated heterocycles. The summed E-state index contributed by atoms with van der Waals surface area (Å²) in [6, 6.07) is 11.7. The Bertz CT molecular complexity index is 1070. The summed E-state index contributed by atoms with van der Waals surface area (Å²) in [5, 5.41) is 11.4.